The minimum Gasteiger partial charge on any atom is -0.497 e. The third-order valence-corrected chi connectivity index (χ3v) is 5.42. The van der Waals surface area contributed by atoms with E-state index in [-0.39, 0.29) is 49.8 Å². The van der Waals surface area contributed by atoms with E-state index in [1.165, 1.54) is 4.90 Å². The molecule has 2 rings (SSSR count). The van der Waals surface area contributed by atoms with Crippen LogP contribution in [0.15, 0.2) is 24.3 Å². The molecule has 1 aliphatic heterocycles. The molecule has 8 heteroatoms. The van der Waals surface area contributed by atoms with Crippen LogP contribution in [-0.2, 0) is 16.0 Å². The average molecular weight is 405 g/mol. The average Bonchev–Trinajstić information content (AvgIpc) is 3.01. The summed E-state index contributed by atoms with van der Waals surface area (Å²) in [5, 5.41) is 14.9. The molecule has 1 fully saturated rings. The van der Waals surface area contributed by atoms with Gasteiger partial charge in [-0.15, -0.1) is 0 Å². The van der Waals surface area contributed by atoms with E-state index >= 15 is 0 Å². The molecule has 0 saturated carbocycles. The fourth-order valence-electron chi connectivity index (χ4n) is 3.22. The molecule has 29 heavy (non-hydrogen) atoms. The van der Waals surface area contributed by atoms with E-state index in [9.17, 15) is 19.5 Å². The second-order valence-electron chi connectivity index (χ2n) is 7.37. The van der Waals surface area contributed by atoms with Crippen molar-refractivity contribution in [1.29, 1.82) is 0 Å². The van der Waals surface area contributed by atoms with Crippen LogP contribution in [0.25, 0.3) is 0 Å². The highest BCUT2D eigenvalue weighted by molar-refractivity contribution is 6.04. The normalized spacial score (nSPS) is 18.3. The molecular formula is C21H31N3O5. The second-order valence-corrected chi connectivity index (χ2v) is 7.37. The Balaban J connectivity index is 1.82. The van der Waals surface area contributed by atoms with Crippen LogP contribution in [0.4, 0.5) is 4.79 Å². The van der Waals surface area contributed by atoms with Gasteiger partial charge in [-0.2, -0.15) is 0 Å². The number of benzene rings is 1. The Kier molecular flexibility index (Phi) is 8.45. The van der Waals surface area contributed by atoms with Gasteiger partial charge in [0.1, 0.15) is 11.8 Å². The van der Waals surface area contributed by atoms with Gasteiger partial charge in [0.15, 0.2) is 0 Å². The number of amides is 4. The lowest BCUT2D eigenvalue weighted by Crippen LogP contribution is -2.42. The van der Waals surface area contributed by atoms with E-state index in [1.54, 1.807) is 7.11 Å². The van der Waals surface area contributed by atoms with Crippen LogP contribution in [-0.4, -0.2) is 60.2 Å². The van der Waals surface area contributed by atoms with Crippen LogP contribution >= 0.6 is 0 Å². The van der Waals surface area contributed by atoms with Gasteiger partial charge in [0.05, 0.1) is 19.8 Å². The third-order valence-electron chi connectivity index (χ3n) is 5.42. The van der Waals surface area contributed by atoms with Gasteiger partial charge in [-0.25, -0.2) is 4.79 Å². The molecule has 1 saturated heterocycles. The Bertz CT molecular complexity index is 707. The first-order chi connectivity index (χ1) is 13.9. The van der Waals surface area contributed by atoms with Crippen molar-refractivity contribution in [2.75, 3.05) is 20.3 Å². The van der Waals surface area contributed by atoms with Gasteiger partial charge in [-0.3, -0.25) is 14.5 Å². The summed E-state index contributed by atoms with van der Waals surface area (Å²) in [6, 6.07) is 6.04. The number of urea groups is 1. The molecule has 0 spiro atoms. The molecule has 0 aliphatic carbocycles. The lowest BCUT2D eigenvalue weighted by atomic mass is 9.99. The van der Waals surface area contributed by atoms with Gasteiger partial charge in [0, 0.05) is 13.0 Å². The predicted molar refractivity (Wildman–Crippen MR) is 108 cm³/mol. The first kappa shape index (κ1) is 22.7. The molecule has 3 atom stereocenters. The summed E-state index contributed by atoms with van der Waals surface area (Å²) in [7, 11) is 1.59. The number of hydrogen-bond acceptors (Lipinski definition) is 5. The van der Waals surface area contributed by atoms with Crippen molar-refractivity contribution in [3.8, 4) is 5.75 Å². The number of carbonyl (C=O) groups is 3. The molecule has 160 valence electrons. The molecule has 4 amide bonds. The van der Waals surface area contributed by atoms with Crippen molar-refractivity contribution in [3.63, 3.8) is 0 Å². The van der Waals surface area contributed by atoms with Gasteiger partial charge >= 0.3 is 6.03 Å². The molecular weight excluding hydrogens is 374 g/mol. The molecule has 1 aromatic rings. The Morgan fingerprint density at radius 2 is 2.00 bits per heavy atom. The zero-order valence-corrected chi connectivity index (χ0v) is 17.3. The molecule has 8 nitrogen and oxygen atoms in total. The number of ether oxygens (including phenoxy) is 1. The van der Waals surface area contributed by atoms with Crippen LogP contribution in [0, 0.1) is 5.92 Å². The topological polar surface area (TPSA) is 108 Å². The number of rotatable bonds is 11. The maximum absolute atomic E-state index is 12.5. The molecule has 1 aliphatic rings. The largest absolute Gasteiger partial charge is 0.497 e. The van der Waals surface area contributed by atoms with E-state index in [1.807, 2.05) is 38.1 Å². The summed E-state index contributed by atoms with van der Waals surface area (Å²) < 4.78 is 5.12. The van der Waals surface area contributed by atoms with E-state index < -0.39 is 12.1 Å². The van der Waals surface area contributed by atoms with Crippen molar-refractivity contribution in [1.82, 2.24) is 15.5 Å². The first-order valence-corrected chi connectivity index (χ1v) is 10.0. The lowest BCUT2D eigenvalue weighted by Gasteiger charge is -2.22. The standard InChI is InChI=1S/C21H31N3O5/c1-4-14(2)18(13-25)22-19(26)10-9-17-20(27)24(21(28)23-17)12-11-15-5-7-16(29-3)8-6-15/h5-8,14,17-18,25H,4,9-13H2,1-3H3,(H,22,26)(H,23,28). The van der Waals surface area contributed by atoms with Gasteiger partial charge < -0.3 is 20.5 Å². The van der Waals surface area contributed by atoms with E-state index in [0.29, 0.717) is 6.42 Å². The zero-order valence-electron chi connectivity index (χ0n) is 17.3. The first-order valence-electron chi connectivity index (χ1n) is 10.0. The minimum atomic E-state index is -0.694. The maximum atomic E-state index is 12.5. The summed E-state index contributed by atoms with van der Waals surface area (Å²) in [5.41, 5.74) is 0.995. The van der Waals surface area contributed by atoms with Crippen LogP contribution in [0.2, 0.25) is 0 Å². The molecule has 3 N–H and O–H groups in total. The van der Waals surface area contributed by atoms with Crippen LogP contribution in [0.5, 0.6) is 5.75 Å². The van der Waals surface area contributed by atoms with E-state index in [4.69, 9.17) is 4.74 Å². The van der Waals surface area contributed by atoms with Crippen molar-refractivity contribution < 1.29 is 24.2 Å². The van der Waals surface area contributed by atoms with Gasteiger partial charge in [-0.05, 0) is 36.5 Å². The van der Waals surface area contributed by atoms with Gasteiger partial charge in [0.25, 0.3) is 5.91 Å². The lowest BCUT2D eigenvalue weighted by molar-refractivity contribution is -0.127. The highest BCUT2D eigenvalue weighted by Crippen LogP contribution is 2.15. The number of methoxy groups -OCH3 is 1. The Labute approximate surface area is 171 Å². The SMILES string of the molecule is CCC(C)C(CO)NC(=O)CCC1NC(=O)N(CCc2ccc(OC)cc2)C1=O. The van der Waals surface area contributed by atoms with Crippen LogP contribution in [0.1, 0.15) is 38.7 Å². The summed E-state index contributed by atoms with van der Waals surface area (Å²) in [4.78, 5) is 38.0. The van der Waals surface area contributed by atoms with E-state index in [2.05, 4.69) is 10.6 Å². The molecule has 3 unspecified atom stereocenters. The highest BCUT2D eigenvalue weighted by Gasteiger charge is 2.37. The van der Waals surface area contributed by atoms with Crippen molar-refractivity contribution in [2.45, 2.75) is 51.6 Å². The van der Waals surface area contributed by atoms with Crippen LogP contribution < -0.4 is 15.4 Å². The summed E-state index contributed by atoms with van der Waals surface area (Å²) in [6.45, 7) is 4.11. The number of aliphatic hydroxyl groups excluding tert-OH is 1. The Morgan fingerprint density at radius 3 is 2.59 bits per heavy atom. The van der Waals surface area contributed by atoms with Crippen molar-refractivity contribution >= 4 is 17.8 Å². The van der Waals surface area contributed by atoms with E-state index in [0.717, 1.165) is 17.7 Å². The van der Waals surface area contributed by atoms with Crippen LogP contribution in [0.3, 0.4) is 0 Å². The van der Waals surface area contributed by atoms with Gasteiger partial charge in [-0.1, -0.05) is 32.4 Å². The molecule has 0 bridgehead atoms. The number of hydrogen-bond donors (Lipinski definition) is 3. The second kappa shape index (κ2) is 10.8. The minimum absolute atomic E-state index is 0.107. The zero-order chi connectivity index (χ0) is 21.4. The number of nitrogens with one attached hydrogen (secondary N) is 2. The molecule has 0 aromatic heterocycles. The maximum Gasteiger partial charge on any atom is 0.324 e. The fraction of sp³-hybridized carbons (Fsp3) is 0.571. The molecule has 1 heterocycles. The Morgan fingerprint density at radius 1 is 1.31 bits per heavy atom. The summed E-state index contributed by atoms with van der Waals surface area (Å²) >= 11 is 0. The third kappa shape index (κ3) is 6.19. The fourth-order valence-corrected chi connectivity index (χ4v) is 3.22. The quantitative estimate of drug-likeness (QED) is 0.483. The number of imide groups is 1. The van der Waals surface area contributed by atoms with Crippen molar-refractivity contribution in [3.05, 3.63) is 29.8 Å². The molecule has 0 radical (unpaired) electrons. The summed E-state index contributed by atoms with van der Waals surface area (Å²) in [5.74, 6) is 0.365. The summed E-state index contributed by atoms with van der Waals surface area (Å²) in [6.07, 6.45) is 1.72. The molecule has 1 aromatic carbocycles. The van der Waals surface area contributed by atoms with Crippen molar-refractivity contribution in [2.24, 2.45) is 5.92 Å². The highest BCUT2D eigenvalue weighted by atomic mass is 16.5. The van der Waals surface area contributed by atoms with Gasteiger partial charge in [0.2, 0.25) is 5.91 Å². The number of aliphatic hydroxyl groups is 1. The smallest absolute Gasteiger partial charge is 0.324 e. The predicted octanol–water partition coefficient (Wildman–Crippen LogP) is 1.46. The number of carbonyl (C=O) groups excluding carboxylic acids is 3. The number of nitrogens with zero attached hydrogens (tertiary/aromatic N) is 1. The Hall–Kier alpha value is -2.61. The monoisotopic (exact) mass is 405 g/mol.